The molecule has 0 saturated heterocycles. The minimum atomic E-state index is 0.282. The van der Waals surface area contributed by atoms with Gasteiger partial charge in [0, 0.05) is 36.0 Å². The first kappa shape index (κ1) is 33.0. The van der Waals surface area contributed by atoms with Crippen molar-refractivity contribution in [3.8, 4) is 34.1 Å². The van der Waals surface area contributed by atoms with Crippen molar-refractivity contribution in [3.05, 3.63) is 123 Å². The molecule has 1 aliphatic heterocycles. The third-order valence-electron chi connectivity index (χ3n) is 8.03. The average Bonchev–Trinajstić information content (AvgIpc) is 3.84. The number of thiazole rings is 1. The van der Waals surface area contributed by atoms with Crippen molar-refractivity contribution >= 4 is 40.7 Å². The Bertz CT molecular complexity index is 1940. The Balaban J connectivity index is 1.14. The SMILES string of the molecule is Cc1c(COc2ccc(C=O)c(OCC3=NCCS3)c2)cccc1-c1cccc(COc2ccc(C=O)c(OCc3nccs3)c2)c1C. The van der Waals surface area contributed by atoms with E-state index in [9.17, 15) is 9.59 Å². The normalized spacial score (nSPS) is 12.3. The van der Waals surface area contributed by atoms with Crippen molar-refractivity contribution in [3.63, 3.8) is 0 Å². The van der Waals surface area contributed by atoms with Gasteiger partial charge in [0.1, 0.15) is 59.5 Å². The fourth-order valence-corrected chi connectivity index (χ4v) is 6.58. The van der Waals surface area contributed by atoms with E-state index in [1.54, 1.807) is 54.4 Å². The highest BCUT2D eigenvalue weighted by Crippen LogP contribution is 2.33. The number of rotatable bonds is 15. The molecule has 0 bridgehead atoms. The number of aldehydes is 2. The minimum absolute atomic E-state index is 0.282. The van der Waals surface area contributed by atoms with E-state index in [0.717, 1.165) is 68.3 Å². The van der Waals surface area contributed by atoms with Crippen LogP contribution in [0.3, 0.4) is 0 Å². The molecular weight excluding hydrogens is 645 g/mol. The molecule has 6 rings (SSSR count). The molecule has 244 valence electrons. The molecule has 0 atom stereocenters. The molecule has 8 nitrogen and oxygen atoms in total. The lowest BCUT2D eigenvalue weighted by molar-refractivity contribution is 0.111. The van der Waals surface area contributed by atoms with E-state index < -0.39 is 0 Å². The number of carbonyl (C=O) groups is 2. The Morgan fingerprint density at radius 3 is 1.79 bits per heavy atom. The van der Waals surface area contributed by atoms with Crippen LogP contribution in [0.25, 0.3) is 11.1 Å². The van der Waals surface area contributed by atoms with E-state index in [4.69, 9.17) is 18.9 Å². The van der Waals surface area contributed by atoms with Gasteiger partial charge in [-0.05, 0) is 71.5 Å². The van der Waals surface area contributed by atoms with Gasteiger partial charge in [-0.3, -0.25) is 14.6 Å². The zero-order valence-corrected chi connectivity index (χ0v) is 28.3. The molecule has 2 heterocycles. The monoisotopic (exact) mass is 678 g/mol. The molecule has 1 aromatic heterocycles. The molecule has 10 heteroatoms. The van der Waals surface area contributed by atoms with E-state index in [2.05, 4.69) is 48.1 Å². The van der Waals surface area contributed by atoms with Crippen molar-refractivity contribution in [2.24, 2.45) is 4.99 Å². The molecule has 0 amide bonds. The van der Waals surface area contributed by atoms with Crippen LogP contribution in [0.2, 0.25) is 0 Å². The fraction of sp³-hybridized carbons (Fsp3) is 0.211. The van der Waals surface area contributed by atoms with Gasteiger partial charge in [0.2, 0.25) is 0 Å². The molecular formula is C38H34N2O6S2. The molecule has 0 radical (unpaired) electrons. The summed E-state index contributed by atoms with van der Waals surface area (Å²) in [5.41, 5.74) is 7.47. The lowest BCUT2D eigenvalue weighted by atomic mass is 9.92. The lowest BCUT2D eigenvalue weighted by Gasteiger charge is -2.17. The van der Waals surface area contributed by atoms with Gasteiger partial charge in [0.15, 0.2) is 12.6 Å². The van der Waals surface area contributed by atoms with Gasteiger partial charge < -0.3 is 18.9 Å². The molecule has 0 spiro atoms. The smallest absolute Gasteiger partial charge is 0.153 e. The molecule has 0 fully saturated rings. The number of thioether (sulfide) groups is 1. The largest absolute Gasteiger partial charge is 0.489 e. The number of benzene rings is 4. The van der Waals surface area contributed by atoms with Crippen molar-refractivity contribution < 1.29 is 28.5 Å². The summed E-state index contributed by atoms with van der Waals surface area (Å²) in [5, 5.41) is 3.65. The predicted molar refractivity (Wildman–Crippen MR) is 190 cm³/mol. The fourth-order valence-electron chi connectivity index (χ4n) is 5.31. The Kier molecular flexibility index (Phi) is 10.8. The predicted octanol–water partition coefficient (Wildman–Crippen LogP) is 8.31. The van der Waals surface area contributed by atoms with Crippen LogP contribution < -0.4 is 18.9 Å². The number of hydrogen-bond donors (Lipinski definition) is 0. The number of hydrogen-bond acceptors (Lipinski definition) is 10. The Morgan fingerprint density at radius 1 is 0.708 bits per heavy atom. The summed E-state index contributed by atoms with van der Waals surface area (Å²) in [7, 11) is 0. The second kappa shape index (κ2) is 15.8. The zero-order valence-electron chi connectivity index (χ0n) is 26.6. The number of aliphatic imine (C=N–C) groups is 1. The van der Waals surface area contributed by atoms with E-state index in [1.807, 2.05) is 17.5 Å². The van der Waals surface area contributed by atoms with Crippen molar-refractivity contribution in [2.75, 3.05) is 18.9 Å². The van der Waals surface area contributed by atoms with Crippen LogP contribution in [0.15, 0.2) is 89.4 Å². The van der Waals surface area contributed by atoms with Crippen LogP contribution >= 0.6 is 23.1 Å². The summed E-state index contributed by atoms with van der Waals surface area (Å²) in [5.74, 6) is 3.13. The minimum Gasteiger partial charge on any atom is -0.489 e. The highest BCUT2D eigenvalue weighted by atomic mass is 32.2. The number of carbonyl (C=O) groups excluding carboxylic acids is 2. The maximum atomic E-state index is 11.6. The quantitative estimate of drug-likeness (QED) is 0.102. The first-order valence-electron chi connectivity index (χ1n) is 15.4. The first-order chi connectivity index (χ1) is 23.5. The van der Waals surface area contributed by atoms with Crippen LogP contribution in [0, 0.1) is 13.8 Å². The van der Waals surface area contributed by atoms with E-state index in [1.165, 1.54) is 11.3 Å². The van der Waals surface area contributed by atoms with Gasteiger partial charge in [0.25, 0.3) is 0 Å². The summed E-state index contributed by atoms with van der Waals surface area (Å²) >= 11 is 3.17. The summed E-state index contributed by atoms with van der Waals surface area (Å²) in [4.78, 5) is 31.9. The summed E-state index contributed by atoms with van der Waals surface area (Å²) < 4.78 is 24.2. The lowest BCUT2D eigenvalue weighted by Crippen LogP contribution is -2.07. The third kappa shape index (κ3) is 7.95. The van der Waals surface area contributed by atoms with Gasteiger partial charge in [-0.25, -0.2) is 4.98 Å². The van der Waals surface area contributed by atoms with Crippen LogP contribution in [0.1, 0.15) is 48.0 Å². The van der Waals surface area contributed by atoms with Crippen LogP contribution in [-0.4, -0.2) is 41.5 Å². The maximum Gasteiger partial charge on any atom is 0.153 e. The Morgan fingerprint density at radius 2 is 1.29 bits per heavy atom. The Labute approximate surface area is 287 Å². The summed E-state index contributed by atoms with van der Waals surface area (Å²) in [6, 6.07) is 22.9. The average molecular weight is 679 g/mol. The number of ether oxygens (including phenoxy) is 4. The highest BCUT2D eigenvalue weighted by Gasteiger charge is 2.15. The second-order valence-electron chi connectivity index (χ2n) is 11.0. The maximum absolute atomic E-state index is 11.6. The summed E-state index contributed by atoms with van der Waals surface area (Å²) in [6.45, 7) is 6.32. The first-order valence-corrected chi connectivity index (χ1v) is 17.3. The molecule has 4 aromatic carbocycles. The summed E-state index contributed by atoms with van der Waals surface area (Å²) in [6.07, 6.45) is 3.29. The molecule has 0 aliphatic carbocycles. The second-order valence-corrected chi connectivity index (χ2v) is 13.2. The molecule has 1 aliphatic rings. The molecule has 0 saturated carbocycles. The number of nitrogens with zero attached hydrogens (tertiary/aromatic N) is 2. The molecule has 48 heavy (non-hydrogen) atoms. The molecule has 0 N–H and O–H groups in total. The van der Waals surface area contributed by atoms with Gasteiger partial charge in [-0.15, -0.1) is 23.1 Å². The van der Waals surface area contributed by atoms with Crippen LogP contribution in [0.5, 0.6) is 23.0 Å². The van der Waals surface area contributed by atoms with Crippen LogP contribution in [0.4, 0.5) is 0 Å². The molecule has 5 aromatic rings. The topological polar surface area (TPSA) is 96.3 Å². The van der Waals surface area contributed by atoms with Gasteiger partial charge >= 0.3 is 0 Å². The van der Waals surface area contributed by atoms with Crippen molar-refractivity contribution in [2.45, 2.75) is 33.7 Å². The Hall–Kier alpha value is -4.93. The van der Waals surface area contributed by atoms with Crippen molar-refractivity contribution in [1.29, 1.82) is 0 Å². The standard InChI is InChI=1S/C38H34N2O6S2/c1-25-29(21-43-31-11-9-27(19-41)35(17-31)45-23-37-39-13-15-47-37)5-3-7-33(25)34-8-4-6-30(26(34)2)22-44-32-12-10-28(20-42)36(18-32)46-24-38-40-14-16-48-38/h3-13,15,17-20H,14,16,21-24H2,1-2H3. The van der Waals surface area contributed by atoms with Crippen LogP contribution in [-0.2, 0) is 19.8 Å². The number of aromatic nitrogens is 1. The third-order valence-corrected chi connectivity index (χ3v) is 9.75. The van der Waals surface area contributed by atoms with Crippen molar-refractivity contribution in [1.82, 2.24) is 4.98 Å². The van der Waals surface area contributed by atoms with E-state index >= 15 is 0 Å². The zero-order chi connectivity index (χ0) is 33.3. The van der Waals surface area contributed by atoms with E-state index in [0.29, 0.717) is 53.9 Å². The van der Waals surface area contributed by atoms with Gasteiger partial charge in [0.05, 0.1) is 11.1 Å². The van der Waals surface area contributed by atoms with E-state index in [-0.39, 0.29) is 6.61 Å². The van der Waals surface area contributed by atoms with Gasteiger partial charge in [-0.2, -0.15) is 0 Å². The highest BCUT2D eigenvalue weighted by molar-refractivity contribution is 8.14. The van der Waals surface area contributed by atoms with Gasteiger partial charge in [-0.1, -0.05) is 36.4 Å². The molecule has 0 unspecified atom stereocenters.